The zero-order valence-electron chi connectivity index (χ0n) is 20.9. The number of carbonyl (C=O) groups is 3. The van der Waals surface area contributed by atoms with Gasteiger partial charge in [-0.15, -0.1) is 0 Å². The number of piperazine rings is 1. The van der Waals surface area contributed by atoms with Crippen LogP contribution in [0.15, 0.2) is 91.0 Å². The minimum absolute atomic E-state index is 0.0546. The Bertz CT molecular complexity index is 1170. The third-order valence-corrected chi connectivity index (χ3v) is 6.83. The predicted octanol–water partition coefficient (Wildman–Crippen LogP) is 3.68. The van der Waals surface area contributed by atoms with Gasteiger partial charge in [-0.3, -0.25) is 14.4 Å². The van der Waals surface area contributed by atoms with Crippen LogP contribution in [0.2, 0.25) is 0 Å². The summed E-state index contributed by atoms with van der Waals surface area (Å²) in [6.45, 7) is 5.68. The van der Waals surface area contributed by atoms with Gasteiger partial charge in [0.1, 0.15) is 6.04 Å². The van der Waals surface area contributed by atoms with Crippen LogP contribution in [0.3, 0.4) is 0 Å². The molecule has 36 heavy (non-hydrogen) atoms. The molecule has 1 N–H and O–H groups in total. The number of hydrogen-bond acceptors (Lipinski definition) is 3. The van der Waals surface area contributed by atoms with E-state index in [2.05, 4.69) is 5.32 Å². The lowest BCUT2D eigenvalue weighted by Crippen LogP contribution is -2.58. The molecular weight excluding hydrogens is 450 g/mol. The van der Waals surface area contributed by atoms with Crippen molar-refractivity contribution in [2.24, 2.45) is 0 Å². The number of hydrogen-bond donors (Lipinski definition) is 1. The molecule has 0 aliphatic carbocycles. The molecule has 3 aromatic rings. The molecule has 3 aromatic carbocycles. The average Bonchev–Trinajstić information content (AvgIpc) is 2.93. The molecule has 0 spiro atoms. The summed E-state index contributed by atoms with van der Waals surface area (Å²) < 4.78 is 0. The second-order valence-corrected chi connectivity index (χ2v) is 9.69. The first-order valence-corrected chi connectivity index (χ1v) is 12.4. The van der Waals surface area contributed by atoms with Gasteiger partial charge in [0.25, 0.3) is 5.91 Å². The van der Waals surface area contributed by atoms with Crippen molar-refractivity contribution in [3.05, 3.63) is 108 Å². The summed E-state index contributed by atoms with van der Waals surface area (Å²) in [5, 5.41) is 2.95. The highest BCUT2D eigenvalue weighted by molar-refractivity contribution is 5.97. The molecule has 186 valence electrons. The van der Waals surface area contributed by atoms with Crippen molar-refractivity contribution in [2.75, 3.05) is 26.2 Å². The van der Waals surface area contributed by atoms with Crippen LogP contribution in [0.25, 0.3) is 0 Å². The highest BCUT2D eigenvalue weighted by atomic mass is 16.2. The van der Waals surface area contributed by atoms with Crippen molar-refractivity contribution in [1.29, 1.82) is 0 Å². The van der Waals surface area contributed by atoms with Crippen LogP contribution in [0.5, 0.6) is 0 Å². The van der Waals surface area contributed by atoms with Gasteiger partial charge < -0.3 is 15.1 Å². The van der Waals surface area contributed by atoms with E-state index < -0.39 is 11.5 Å². The van der Waals surface area contributed by atoms with Crippen molar-refractivity contribution >= 4 is 17.7 Å². The Morgan fingerprint density at radius 1 is 0.750 bits per heavy atom. The standard InChI is InChI=1S/C30H33N3O3/c1-30(2,25-16-10-5-11-17-25)29(36)33-20-18-32(19-21-33)28(35)26(22-23-12-6-3-7-13-23)31-27(34)24-14-8-4-9-15-24/h3-17,26H,18-22H2,1-2H3,(H,31,34). The molecule has 6 heteroatoms. The fraction of sp³-hybridized carbons (Fsp3) is 0.300. The van der Waals surface area contributed by atoms with Gasteiger partial charge in [0.2, 0.25) is 11.8 Å². The molecule has 0 saturated carbocycles. The molecule has 4 rings (SSSR count). The van der Waals surface area contributed by atoms with E-state index in [0.29, 0.717) is 38.2 Å². The van der Waals surface area contributed by atoms with Gasteiger partial charge >= 0.3 is 0 Å². The van der Waals surface area contributed by atoms with E-state index in [1.54, 1.807) is 29.2 Å². The fourth-order valence-corrected chi connectivity index (χ4v) is 4.60. The van der Waals surface area contributed by atoms with Gasteiger partial charge in [0.15, 0.2) is 0 Å². The molecular formula is C30H33N3O3. The monoisotopic (exact) mass is 483 g/mol. The van der Waals surface area contributed by atoms with Gasteiger partial charge in [-0.2, -0.15) is 0 Å². The highest BCUT2D eigenvalue weighted by Crippen LogP contribution is 2.26. The second-order valence-electron chi connectivity index (χ2n) is 9.69. The zero-order valence-corrected chi connectivity index (χ0v) is 20.9. The lowest BCUT2D eigenvalue weighted by molar-refractivity contribution is -0.143. The highest BCUT2D eigenvalue weighted by Gasteiger charge is 2.36. The SMILES string of the molecule is CC(C)(C(=O)N1CCN(C(=O)C(Cc2ccccc2)NC(=O)c2ccccc2)CC1)c1ccccc1. The first-order valence-electron chi connectivity index (χ1n) is 12.4. The van der Waals surface area contributed by atoms with E-state index in [0.717, 1.165) is 11.1 Å². The van der Waals surface area contributed by atoms with Gasteiger partial charge in [0.05, 0.1) is 5.41 Å². The van der Waals surface area contributed by atoms with Crippen LogP contribution in [-0.2, 0) is 21.4 Å². The number of nitrogens with zero attached hydrogens (tertiary/aromatic N) is 2. The summed E-state index contributed by atoms with van der Waals surface area (Å²) >= 11 is 0. The van der Waals surface area contributed by atoms with Gasteiger partial charge in [-0.1, -0.05) is 78.9 Å². The maximum atomic E-state index is 13.6. The third-order valence-electron chi connectivity index (χ3n) is 6.83. The summed E-state index contributed by atoms with van der Waals surface area (Å²) in [6, 6.07) is 27.7. The summed E-state index contributed by atoms with van der Waals surface area (Å²) in [5.74, 6) is -0.347. The summed E-state index contributed by atoms with van der Waals surface area (Å²) in [4.78, 5) is 43.4. The summed E-state index contributed by atoms with van der Waals surface area (Å²) in [7, 11) is 0. The molecule has 1 heterocycles. The van der Waals surface area contributed by atoms with Crippen LogP contribution in [0.4, 0.5) is 0 Å². The van der Waals surface area contributed by atoms with E-state index in [9.17, 15) is 14.4 Å². The third kappa shape index (κ3) is 5.82. The van der Waals surface area contributed by atoms with Crippen LogP contribution >= 0.6 is 0 Å². The Morgan fingerprint density at radius 3 is 1.83 bits per heavy atom. The van der Waals surface area contributed by atoms with Crippen molar-refractivity contribution in [3.8, 4) is 0 Å². The normalized spacial score (nSPS) is 14.7. The van der Waals surface area contributed by atoms with Crippen LogP contribution < -0.4 is 5.32 Å². The Morgan fingerprint density at radius 2 is 1.25 bits per heavy atom. The van der Waals surface area contributed by atoms with E-state index >= 15 is 0 Å². The van der Waals surface area contributed by atoms with Crippen molar-refractivity contribution in [3.63, 3.8) is 0 Å². The minimum atomic E-state index is -0.692. The summed E-state index contributed by atoms with van der Waals surface area (Å²) in [5.41, 5.74) is 1.82. The Kier molecular flexibility index (Phi) is 7.84. The Hall–Kier alpha value is -3.93. The molecule has 6 nitrogen and oxygen atoms in total. The zero-order chi connectivity index (χ0) is 25.5. The molecule has 1 saturated heterocycles. The molecule has 1 unspecified atom stereocenters. The van der Waals surface area contributed by atoms with Gasteiger partial charge in [-0.25, -0.2) is 0 Å². The van der Waals surface area contributed by atoms with E-state index in [4.69, 9.17) is 0 Å². The molecule has 1 aliphatic rings. The Balaban J connectivity index is 1.43. The van der Waals surface area contributed by atoms with E-state index in [1.807, 2.05) is 85.5 Å². The molecule has 3 amide bonds. The molecule has 1 aliphatic heterocycles. The first kappa shape index (κ1) is 25.2. The van der Waals surface area contributed by atoms with Crippen molar-refractivity contribution in [2.45, 2.75) is 31.7 Å². The maximum absolute atomic E-state index is 13.6. The van der Waals surface area contributed by atoms with Crippen molar-refractivity contribution in [1.82, 2.24) is 15.1 Å². The van der Waals surface area contributed by atoms with Crippen molar-refractivity contribution < 1.29 is 14.4 Å². The average molecular weight is 484 g/mol. The lowest BCUT2D eigenvalue weighted by atomic mass is 9.83. The first-order chi connectivity index (χ1) is 17.4. The minimum Gasteiger partial charge on any atom is -0.340 e. The van der Waals surface area contributed by atoms with E-state index in [-0.39, 0.29) is 17.7 Å². The number of nitrogens with one attached hydrogen (secondary N) is 1. The molecule has 1 fully saturated rings. The van der Waals surface area contributed by atoms with Crippen LogP contribution in [0, 0.1) is 0 Å². The summed E-state index contributed by atoms with van der Waals surface area (Å²) in [6.07, 6.45) is 0.401. The molecule has 0 bridgehead atoms. The van der Waals surface area contributed by atoms with E-state index in [1.165, 1.54) is 0 Å². The lowest BCUT2D eigenvalue weighted by Gasteiger charge is -2.39. The smallest absolute Gasteiger partial charge is 0.251 e. The topological polar surface area (TPSA) is 69.7 Å². The number of amides is 3. The van der Waals surface area contributed by atoms with Gasteiger partial charge in [0, 0.05) is 38.2 Å². The molecule has 0 aromatic heterocycles. The number of rotatable bonds is 7. The molecule has 1 atom stereocenters. The van der Waals surface area contributed by atoms with Crippen LogP contribution in [-0.4, -0.2) is 59.7 Å². The quantitative estimate of drug-likeness (QED) is 0.558. The Labute approximate surface area is 212 Å². The largest absolute Gasteiger partial charge is 0.340 e. The fourth-order valence-electron chi connectivity index (χ4n) is 4.60. The van der Waals surface area contributed by atoms with Crippen LogP contribution in [0.1, 0.15) is 35.3 Å². The number of benzene rings is 3. The van der Waals surface area contributed by atoms with Gasteiger partial charge in [-0.05, 0) is 37.1 Å². The predicted molar refractivity (Wildman–Crippen MR) is 140 cm³/mol. The number of carbonyl (C=O) groups excluding carboxylic acids is 3. The second kappa shape index (κ2) is 11.2. The maximum Gasteiger partial charge on any atom is 0.251 e. The molecule has 0 radical (unpaired) electrons.